The van der Waals surface area contributed by atoms with Gasteiger partial charge in [0.1, 0.15) is 17.6 Å². The molecule has 0 aromatic heterocycles. The Kier molecular flexibility index (Phi) is 7.58. The molecule has 3 atom stereocenters. The van der Waals surface area contributed by atoms with Crippen molar-refractivity contribution in [2.24, 2.45) is 11.8 Å². The molecule has 2 rings (SSSR count). The fraction of sp³-hybridized carbons (Fsp3) is 0.476. The Morgan fingerprint density at radius 3 is 2.59 bits per heavy atom. The molecular formula is C21H27NO5. The number of aromatic hydroxyl groups is 1. The first-order valence-corrected chi connectivity index (χ1v) is 9.38. The van der Waals surface area contributed by atoms with E-state index in [0.29, 0.717) is 24.8 Å². The number of amides is 1. The molecule has 27 heavy (non-hydrogen) atoms. The van der Waals surface area contributed by atoms with E-state index >= 15 is 0 Å². The zero-order valence-electron chi connectivity index (χ0n) is 15.6. The fourth-order valence-corrected chi connectivity index (χ4v) is 3.51. The summed E-state index contributed by atoms with van der Waals surface area (Å²) in [5, 5.41) is 21.3. The van der Waals surface area contributed by atoms with Crippen LogP contribution in [0.5, 0.6) is 5.75 Å². The number of allylic oxidation sites excluding steroid dienone is 2. The van der Waals surface area contributed by atoms with Crippen LogP contribution in [0, 0.1) is 11.8 Å². The van der Waals surface area contributed by atoms with E-state index in [1.165, 1.54) is 12.1 Å². The molecule has 1 saturated carbocycles. The van der Waals surface area contributed by atoms with E-state index in [0.717, 1.165) is 6.42 Å². The Balaban J connectivity index is 1.94. The van der Waals surface area contributed by atoms with Gasteiger partial charge in [-0.3, -0.25) is 9.59 Å². The first-order valence-electron chi connectivity index (χ1n) is 9.38. The third-order valence-corrected chi connectivity index (χ3v) is 4.99. The Bertz CT molecular complexity index is 695. The maximum absolute atomic E-state index is 12.4. The van der Waals surface area contributed by atoms with Gasteiger partial charge in [0, 0.05) is 25.2 Å². The van der Waals surface area contributed by atoms with Crippen LogP contribution in [0.4, 0.5) is 0 Å². The molecule has 0 saturated heterocycles. The molecule has 1 aliphatic carbocycles. The van der Waals surface area contributed by atoms with Crippen LogP contribution in [0.25, 0.3) is 0 Å². The minimum atomic E-state index is -1.11. The number of ketones is 1. The SMILES string of the molecule is CC/C=C\C[C@H]1C(=O)CC[C@@H]1CC(=O)N[C@@H](Cc1ccc(O)cc1)C(=O)O. The quantitative estimate of drug-likeness (QED) is 0.578. The van der Waals surface area contributed by atoms with Crippen molar-refractivity contribution in [2.45, 2.75) is 51.5 Å². The van der Waals surface area contributed by atoms with Crippen molar-refractivity contribution in [1.29, 1.82) is 0 Å². The number of Topliss-reactive ketones (excluding diaryl/α,β-unsaturated/α-hetero) is 1. The number of carbonyl (C=O) groups is 3. The van der Waals surface area contributed by atoms with Gasteiger partial charge in [-0.25, -0.2) is 4.79 Å². The van der Waals surface area contributed by atoms with Crippen LogP contribution in [0.1, 0.15) is 44.6 Å². The largest absolute Gasteiger partial charge is 0.508 e. The number of phenols is 1. The molecule has 1 aromatic rings. The Labute approximate surface area is 159 Å². The number of carbonyl (C=O) groups excluding carboxylic acids is 2. The molecule has 0 heterocycles. The molecule has 0 bridgehead atoms. The second-order valence-electron chi connectivity index (χ2n) is 7.02. The number of hydrogen-bond acceptors (Lipinski definition) is 4. The molecule has 1 amide bonds. The van der Waals surface area contributed by atoms with Crippen molar-refractivity contribution in [2.75, 3.05) is 0 Å². The third-order valence-electron chi connectivity index (χ3n) is 4.99. The number of nitrogens with one attached hydrogen (secondary N) is 1. The molecule has 3 N–H and O–H groups in total. The van der Waals surface area contributed by atoms with Crippen molar-refractivity contribution in [1.82, 2.24) is 5.32 Å². The molecule has 0 radical (unpaired) electrons. The lowest BCUT2D eigenvalue weighted by Gasteiger charge is -2.19. The molecule has 1 fully saturated rings. The second-order valence-corrected chi connectivity index (χ2v) is 7.02. The van der Waals surface area contributed by atoms with E-state index in [4.69, 9.17) is 0 Å². The molecule has 6 heteroatoms. The predicted octanol–water partition coefficient (Wildman–Crippen LogP) is 2.85. The summed E-state index contributed by atoms with van der Waals surface area (Å²) in [4.78, 5) is 36.0. The summed E-state index contributed by atoms with van der Waals surface area (Å²) in [7, 11) is 0. The summed E-state index contributed by atoms with van der Waals surface area (Å²) in [5.41, 5.74) is 0.708. The summed E-state index contributed by atoms with van der Waals surface area (Å²) in [6.07, 6.45) is 7.00. The van der Waals surface area contributed by atoms with E-state index in [1.54, 1.807) is 12.1 Å². The third kappa shape index (κ3) is 6.24. The summed E-state index contributed by atoms with van der Waals surface area (Å²) < 4.78 is 0. The van der Waals surface area contributed by atoms with Crippen molar-refractivity contribution >= 4 is 17.7 Å². The highest BCUT2D eigenvalue weighted by Crippen LogP contribution is 2.34. The van der Waals surface area contributed by atoms with E-state index in [9.17, 15) is 24.6 Å². The van der Waals surface area contributed by atoms with Crippen molar-refractivity contribution in [3.8, 4) is 5.75 Å². The minimum absolute atomic E-state index is 0.0397. The van der Waals surface area contributed by atoms with Gasteiger partial charge in [0.15, 0.2) is 0 Å². The van der Waals surface area contributed by atoms with Crippen LogP contribution in [0.15, 0.2) is 36.4 Å². The highest BCUT2D eigenvalue weighted by Gasteiger charge is 2.35. The molecule has 1 aliphatic rings. The summed E-state index contributed by atoms with van der Waals surface area (Å²) in [6, 6.07) is 5.17. The van der Waals surface area contributed by atoms with Crippen LogP contribution in [0.2, 0.25) is 0 Å². The molecule has 0 aliphatic heterocycles. The van der Waals surface area contributed by atoms with Crippen molar-refractivity contribution in [3.05, 3.63) is 42.0 Å². The Morgan fingerprint density at radius 2 is 1.96 bits per heavy atom. The highest BCUT2D eigenvalue weighted by atomic mass is 16.4. The lowest BCUT2D eigenvalue weighted by molar-refractivity contribution is -0.142. The van der Waals surface area contributed by atoms with Crippen LogP contribution >= 0.6 is 0 Å². The first-order chi connectivity index (χ1) is 12.9. The van der Waals surface area contributed by atoms with Crippen LogP contribution in [-0.4, -0.2) is 33.9 Å². The maximum Gasteiger partial charge on any atom is 0.326 e. The number of benzene rings is 1. The van der Waals surface area contributed by atoms with E-state index in [-0.39, 0.29) is 42.1 Å². The molecule has 0 unspecified atom stereocenters. The number of aliphatic carboxylic acids is 1. The van der Waals surface area contributed by atoms with Gasteiger partial charge in [-0.1, -0.05) is 31.2 Å². The number of phenolic OH excluding ortho intramolecular Hbond substituents is 1. The zero-order valence-corrected chi connectivity index (χ0v) is 15.6. The molecule has 1 aromatic carbocycles. The Morgan fingerprint density at radius 1 is 1.26 bits per heavy atom. The van der Waals surface area contributed by atoms with Crippen molar-refractivity contribution < 1.29 is 24.6 Å². The van der Waals surface area contributed by atoms with Gasteiger partial charge >= 0.3 is 5.97 Å². The van der Waals surface area contributed by atoms with Crippen LogP contribution < -0.4 is 5.32 Å². The first kappa shape index (κ1) is 20.7. The standard InChI is InChI=1S/C21H27NO5/c1-2-3-4-5-17-15(8-11-19(17)24)13-20(25)22-18(21(26)27)12-14-6-9-16(23)10-7-14/h3-4,6-7,9-10,15,17-18,23H,2,5,8,11-13H2,1H3,(H,22,25)(H,26,27)/b4-3-/t15-,17-,18+/m1/s1. The number of carboxylic acids is 1. The normalized spacial score (nSPS) is 20.7. The van der Waals surface area contributed by atoms with Gasteiger partial charge in [0.2, 0.25) is 5.91 Å². The van der Waals surface area contributed by atoms with Gasteiger partial charge in [-0.15, -0.1) is 0 Å². The van der Waals surface area contributed by atoms with Gasteiger partial charge in [0.25, 0.3) is 0 Å². The smallest absolute Gasteiger partial charge is 0.326 e. The van der Waals surface area contributed by atoms with Gasteiger partial charge < -0.3 is 15.5 Å². The predicted molar refractivity (Wildman–Crippen MR) is 101 cm³/mol. The average Bonchev–Trinajstić information content (AvgIpc) is 2.96. The van der Waals surface area contributed by atoms with Crippen molar-refractivity contribution in [3.63, 3.8) is 0 Å². The zero-order chi connectivity index (χ0) is 19.8. The topological polar surface area (TPSA) is 104 Å². The van der Waals surface area contributed by atoms with E-state index in [1.807, 2.05) is 19.1 Å². The lowest BCUT2D eigenvalue weighted by atomic mass is 9.89. The molecule has 0 spiro atoms. The summed E-state index contributed by atoms with van der Waals surface area (Å²) in [6.45, 7) is 2.03. The number of hydrogen-bond donors (Lipinski definition) is 3. The maximum atomic E-state index is 12.4. The monoisotopic (exact) mass is 373 g/mol. The number of carboxylic acid groups (broad SMARTS) is 1. The lowest BCUT2D eigenvalue weighted by Crippen LogP contribution is -2.43. The van der Waals surface area contributed by atoms with E-state index in [2.05, 4.69) is 5.32 Å². The second kappa shape index (κ2) is 9.90. The number of rotatable bonds is 9. The van der Waals surface area contributed by atoms with Crippen LogP contribution in [0.3, 0.4) is 0 Å². The fourth-order valence-electron chi connectivity index (χ4n) is 3.51. The van der Waals surface area contributed by atoms with Crippen LogP contribution in [-0.2, 0) is 20.8 Å². The van der Waals surface area contributed by atoms with Gasteiger partial charge in [-0.2, -0.15) is 0 Å². The molecular weight excluding hydrogens is 346 g/mol. The molecule has 146 valence electrons. The average molecular weight is 373 g/mol. The Hall–Kier alpha value is -2.63. The van der Waals surface area contributed by atoms with Gasteiger partial charge in [-0.05, 0) is 42.9 Å². The minimum Gasteiger partial charge on any atom is -0.508 e. The molecule has 6 nitrogen and oxygen atoms in total. The summed E-state index contributed by atoms with van der Waals surface area (Å²) >= 11 is 0. The highest BCUT2D eigenvalue weighted by molar-refractivity contribution is 5.87. The summed E-state index contributed by atoms with van der Waals surface area (Å²) in [5.74, 6) is -1.36. The van der Waals surface area contributed by atoms with E-state index < -0.39 is 12.0 Å². The van der Waals surface area contributed by atoms with Gasteiger partial charge in [0.05, 0.1) is 0 Å².